The third-order valence-corrected chi connectivity index (χ3v) is 2.00. The Balaban J connectivity index is 2.20. The summed E-state index contributed by atoms with van der Waals surface area (Å²) in [7, 11) is 0. The van der Waals surface area contributed by atoms with Crippen LogP contribution in [0.15, 0.2) is 42.6 Å². The van der Waals surface area contributed by atoms with Crippen LogP contribution in [0, 0.1) is 6.92 Å². The molecule has 0 amide bonds. The van der Waals surface area contributed by atoms with Gasteiger partial charge in [-0.3, -0.25) is 0 Å². The van der Waals surface area contributed by atoms with Crippen LogP contribution in [0.3, 0.4) is 0 Å². The van der Waals surface area contributed by atoms with Crippen molar-refractivity contribution >= 4 is 11.5 Å². The third-order valence-electron chi connectivity index (χ3n) is 2.00. The Morgan fingerprint density at radius 3 is 2.46 bits per heavy atom. The summed E-state index contributed by atoms with van der Waals surface area (Å²) < 4.78 is 0. The molecule has 2 rings (SSSR count). The van der Waals surface area contributed by atoms with Crippen LogP contribution in [-0.2, 0) is 0 Å². The number of H-pyrrole nitrogens is 1. The molecular weight excluding hydrogens is 160 g/mol. The fraction of sp³-hybridized carbons (Fsp3) is 0.0909. The van der Waals surface area contributed by atoms with Gasteiger partial charge in [0.2, 0.25) is 0 Å². The fourth-order valence-corrected chi connectivity index (χ4v) is 1.25. The van der Waals surface area contributed by atoms with E-state index in [-0.39, 0.29) is 0 Å². The van der Waals surface area contributed by atoms with Crippen LogP contribution in [0.2, 0.25) is 0 Å². The molecule has 0 aliphatic rings. The number of hydrogen-bond donors (Lipinski definition) is 2. The number of para-hydroxylation sites is 1. The van der Waals surface area contributed by atoms with Gasteiger partial charge in [0.25, 0.3) is 0 Å². The molecule has 1 heterocycles. The molecule has 2 nitrogen and oxygen atoms in total. The molecule has 0 unspecified atom stereocenters. The van der Waals surface area contributed by atoms with E-state index in [1.165, 1.54) is 5.56 Å². The largest absolute Gasteiger partial charge is 0.348 e. The van der Waals surface area contributed by atoms with E-state index in [0.717, 1.165) is 11.5 Å². The van der Waals surface area contributed by atoms with Gasteiger partial charge in [-0.05, 0) is 30.7 Å². The van der Waals surface area contributed by atoms with Crippen molar-refractivity contribution in [3.63, 3.8) is 0 Å². The second-order valence-electron chi connectivity index (χ2n) is 3.03. The summed E-state index contributed by atoms with van der Waals surface area (Å²) >= 11 is 0. The van der Waals surface area contributed by atoms with Crippen LogP contribution in [0.5, 0.6) is 0 Å². The van der Waals surface area contributed by atoms with Gasteiger partial charge in [0.05, 0.1) is 0 Å². The third kappa shape index (κ3) is 1.72. The topological polar surface area (TPSA) is 27.8 Å². The van der Waals surface area contributed by atoms with E-state index in [4.69, 9.17) is 0 Å². The Labute approximate surface area is 77.6 Å². The molecule has 0 aliphatic carbocycles. The van der Waals surface area contributed by atoms with Gasteiger partial charge in [-0.2, -0.15) is 0 Å². The smallest absolute Gasteiger partial charge is 0.110 e. The van der Waals surface area contributed by atoms with Crippen molar-refractivity contribution in [2.45, 2.75) is 6.92 Å². The molecule has 0 aliphatic heterocycles. The number of rotatable bonds is 2. The zero-order chi connectivity index (χ0) is 9.10. The molecule has 2 heteroatoms. The SMILES string of the molecule is Cc1cc[nH]c1Nc1ccccc1. The van der Waals surface area contributed by atoms with Crippen molar-refractivity contribution in [1.82, 2.24) is 4.98 Å². The molecular formula is C11H12N2. The van der Waals surface area contributed by atoms with Crippen LogP contribution >= 0.6 is 0 Å². The van der Waals surface area contributed by atoms with Crippen molar-refractivity contribution in [3.8, 4) is 0 Å². The standard InChI is InChI=1S/C11H12N2/c1-9-7-8-12-11(9)13-10-5-3-2-4-6-10/h2-8,12-13H,1H3. The first-order valence-corrected chi connectivity index (χ1v) is 4.32. The lowest BCUT2D eigenvalue weighted by Gasteiger charge is -2.04. The quantitative estimate of drug-likeness (QED) is 0.715. The molecule has 0 atom stereocenters. The first kappa shape index (κ1) is 7.92. The van der Waals surface area contributed by atoms with Crippen LogP contribution in [0.1, 0.15) is 5.56 Å². The van der Waals surface area contributed by atoms with E-state index in [1.807, 2.05) is 42.6 Å². The van der Waals surface area contributed by atoms with Crippen LogP contribution in [0.25, 0.3) is 0 Å². The second kappa shape index (κ2) is 3.35. The minimum absolute atomic E-state index is 1.06. The Morgan fingerprint density at radius 2 is 1.85 bits per heavy atom. The maximum Gasteiger partial charge on any atom is 0.110 e. The van der Waals surface area contributed by atoms with Gasteiger partial charge in [0, 0.05) is 11.9 Å². The molecule has 1 aromatic carbocycles. The lowest BCUT2D eigenvalue weighted by atomic mass is 10.3. The summed E-state index contributed by atoms with van der Waals surface area (Å²) in [5.74, 6) is 1.06. The molecule has 13 heavy (non-hydrogen) atoms. The van der Waals surface area contributed by atoms with E-state index in [9.17, 15) is 0 Å². The maximum absolute atomic E-state index is 3.30. The normalized spacial score (nSPS) is 9.92. The van der Waals surface area contributed by atoms with E-state index in [1.54, 1.807) is 0 Å². The summed E-state index contributed by atoms with van der Waals surface area (Å²) in [6.45, 7) is 2.07. The van der Waals surface area contributed by atoms with E-state index in [0.29, 0.717) is 0 Å². The van der Waals surface area contributed by atoms with Crippen molar-refractivity contribution in [2.75, 3.05) is 5.32 Å². The van der Waals surface area contributed by atoms with Gasteiger partial charge < -0.3 is 10.3 Å². The fourth-order valence-electron chi connectivity index (χ4n) is 1.25. The van der Waals surface area contributed by atoms with Gasteiger partial charge in [-0.25, -0.2) is 0 Å². The number of hydrogen-bond acceptors (Lipinski definition) is 1. The first-order chi connectivity index (χ1) is 6.36. The summed E-state index contributed by atoms with van der Waals surface area (Å²) in [5, 5.41) is 3.30. The monoisotopic (exact) mass is 172 g/mol. The molecule has 2 aromatic rings. The van der Waals surface area contributed by atoms with Gasteiger partial charge >= 0.3 is 0 Å². The van der Waals surface area contributed by atoms with Gasteiger partial charge in [0.1, 0.15) is 5.82 Å². The molecule has 66 valence electrons. The summed E-state index contributed by atoms with van der Waals surface area (Å²) in [6.07, 6.45) is 1.93. The zero-order valence-electron chi connectivity index (χ0n) is 7.54. The Kier molecular flexibility index (Phi) is 2.04. The number of aryl methyl sites for hydroxylation is 1. The second-order valence-corrected chi connectivity index (χ2v) is 3.03. The highest BCUT2D eigenvalue weighted by Gasteiger charge is 1.97. The minimum Gasteiger partial charge on any atom is -0.348 e. The van der Waals surface area contributed by atoms with Crippen molar-refractivity contribution in [2.24, 2.45) is 0 Å². The van der Waals surface area contributed by atoms with Crippen molar-refractivity contribution in [3.05, 3.63) is 48.2 Å². The van der Waals surface area contributed by atoms with Gasteiger partial charge in [-0.1, -0.05) is 18.2 Å². The zero-order valence-corrected chi connectivity index (χ0v) is 7.54. The Hall–Kier alpha value is -1.70. The molecule has 2 N–H and O–H groups in total. The Bertz CT molecular complexity index is 376. The molecule has 0 saturated heterocycles. The average Bonchev–Trinajstić information content (AvgIpc) is 2.54. The summed E-state index contributed by atoms with van der Waals surface area (Å²) in [6, 6.07) is 12.2. The van der Waals surface area contributed by atoms with Crippen molar-refractivity contribution < 1.29 is 0 Å². The van der Waals surface area contributed by atoms with Gasteiger partial charge in [-0.15, -0.1) is 0 Å². The number of aromatic nitrogens is 1. The van der Waals surface area contributed by atoms with Crippen LogP contribution < -0.4 is 5.32 Å². The van der Waals surface area contributed by atoms with Gasteiger partial charge in [0.15, 0.2) is 0 Å². The summed E-state index contributed by atoms with van der Waals surface area (Å²) in [4.78, 5) is 3.14. The molecule has 0 bridgehead atoms. The maximum atomic E-state index is 3.30. The predicted molar refractivity (Wildman–Crippen MR) is 55.3 cm³/mol. The number of anilines is 2. The predicted octanol–water partition coefficient (Wildman–Crippen LogP) is 3.07. The number of aromatic amines is 1. The minimum atomic E-state index is 1.06. The summed E-state index contributed by atoms with van der Waals surface area (Å²) in [5.41, 5.74) is 2.33. The lowest BCUT2D eigenvalue weighted by Crippen LogP contribution is -1.90. The highest BCUT2D eigenvalue weighted by molar-refractivity contribution is 5.58. The first-order valence-electron chi connectivity index (χ1n) is 4.32. The lowest BCUT2D eigenvalue weighted by molar-refractivity contribution is 1.35. The number of benzene rings is 1. The molecule has 1 aromatic heterocycles. The average molecular weight is 172 g/mol. The molecule has 0 fully saturated rings. The highest BCUT2D eigenvalue weighted by atomic mass is 15.0. The highest BCUT2D eigenvalue weighted by Crippen LogP contribution is 2.17. The van der Waals surface area contributed by atoms with Crippen molar-refractivity contribution in [1.29, 1.82) is 0 Å². The van der Waals surface area contributed by atoms with E-state index >= 15 is 0 Å². The molecule has 0 spiro atoms. The Morgan fingerprint density at radius 1 is 1.08 bits per heavy atom. The molecule has 0 radical (unpaired) electrons. The van der Waals surface area contributed by atoms with E-state index < -0.39 is 0 Å². The van der Waals surface area contributed by atoms with E-state index in [2.05, 4.69) is 17.2 Å². The van der Waals surface area contributed by atoms with Crippen LogP contribution in [-0.4, -0.2) is 4.98 Å². The van der Waals surface area contributed by atoms with Crippen LogP contribution in [0.4, 0.5) is 11.5 Å². The number of nitrogens with one attached hydrogen (secondary N) is 2. The molecule has 0 saturated carbocycles.